The van der Waals surface area contributed by atoms with Crippen molar-refractivity contribution in [3.63, 3.8) is 0 Å². The molecule has 2 unspecified atom stereocenters. The lowest BCUT2D eigenvalue weighted by Crippen LogP contribution is -2.44. The van der Waals surface area contributed by atoms with Crippen LogP contribution in [-0.4, -0.2) is 57.2 Å². The highest BCUT2D eigenvalue weighted by molar-refractivity contribution is 7.48. The maximum Gasteiger partial charge on any atom is 0.475 e. The van der Waals surface area contributed by atoms with Gasteiger partial charge in [0.25, 0.3) is 0 Å². The first-order valence-electron chi connectivity index (χ1n) is 8.83. The van der Waals surface area contributed by atoms with Gasteiger partial charge in [0.05, 0.1) is 26.1 Å². The van der Waals surface area contributed by atoms with Crippen molar-refractivity contribution in [2.24, 2.45) is 0 Å². The van der Waals surface area contributed by atoms with Crippen molar-refractivity contribution in [2.45, 2.75) is 44.9 Å². The van der Waals surface area contributed by atoms with Gasteiger partial charge in [0.2, 0.25) is 11.8 Å². The first-order chi connectivity index (χ1) is 13.3. The molecular formula is C15H21FN5O6P. The monoisotopic (exact) mass is 417 g/mol. The largest absolute Gasteiger partial charge is 0.476 e. The van der Waals surface area contributed by atoms with E-state index in [1.54, 1.807) is 13.8 Å². The molecule has 0 amide bonds. The number of halogens is 1. The zero-order valence-electron chi connectivity index (χ0n) is 15.6. The van der Waals surface area contributed by atoms with Crippen LogP contribution in [0.2, 0.25) is 0 Å². The molecule has 0 radical (unpaired) electrons. The molecule has 2 fully saturated rings. The van der Waals surface area contributed by atoms with E-state index in [0.717, 1.165) is 0 Å². The quantitative estimate of drug-likeness (QED) is 0.720. The van der Waals surface area contributed by atoms with Gasteiger partial charge in [-0.1, -0.05) is 0 Å². The van der Waals surface area contributed by atoms with Crippen LogP contribution in [0.1, 0.15) is 27.0 Å². The summed E-state index contributed by atoms with van der Waals surface area (Å²) >= 11 is 0. The van der Waals surface area contributed by atoms with E-state index in [0.29, 0.717) is 12.1 Å². The molecule has 0 bridgehead atoms. The highest BCUT2D eigenvalue weighted by Gasteiger charge is 2.61. The molecule has 28 heavy (non-hydrogen) atoms. The molecule has 5 atom stereocenters. The van der Waals surface area contributed by atoms with Gasteiger partial charge in [-0.2, -0.15) is 9.97 Å². The third kappa shape index (κ3) is 3.05. The Morgan fingerprint density at radius 2 is 2.21 bits per heavy atom. The molecule has 0 saturated carbocycles. The van der Waals surface area contributed by atoms with Gasteiger partial charge in [-0.3, -0.25) is 18.1 Å². The van der Waals surface area contributed by atoms with E-state index in [2.05, 4.69) is 15.0 Å². The fraction of sp³-hybridized carbons (Fsp3) is 0.667. The smallest absolute Gasteiger partial charge is 0.475 e. The number of nitrogen functional groups attached to an aromatic ring is 1. The zero-order chi connectivity index (χ0) is 20.1. The van der Waals surface area contributed by atoms with Crippen molar-refractivity contribution in [3.8, 4) is 5.88 Å². The van der Waals surface area contributed by atoms with Crippen LogP contribution >= 0.6 is 7.82 Å². The number of hydrogen-bond acceptors (Lipinski definition) is 10. The molecule has 0 aliphatic carbocycles. The van der Waals surface area contributed by atoms with E-state index in [9.17, 15) is 4.57 Å². The van der Waals surface area contributed by atoms with Gasteiger partial charge in [0, 0.05) is 0 Å². The molecule has 2 aromatic heterocycles. The van der Waals surface area contributed by atoms with E-state index >= 15 is 4.39 Å². The minimum absolute atomic E-state index is 0.0471. The topological polar surface area (TPSA) is 133 Å². The molecule has 2 aliphatic rings. The van der Waals surface area contributed by atoms with Crippen molar-refractivity contribution in [2.75, 3.05) is 25.6 Å². The molecule has 11 nitrogen and oxygen atoms in total. The molecule has 0 aromatic carbocycles. The molecule has 2 saturated heterocycles. The maximum absolute atomic E-state index is 15.8. The van der Waals surface area contributed by atoms with Crippen LogP contribution in [0.25, 0.3) is 11.2 Å². The number of aromatic nitrogens is 4. The zero-order valence-corrected chi connectivity index (χ0v) is 16.5. The normalized spacial score (nSPS) is 35.2. The predicted octanol–water partition coefficient (Wildman–Crippen LogP) is 1.99. The Morgan fingerprint density at radius 3 is 2.93 bits per heavy atom. The van der Waals surface area contributed by atoms with Gasteiger partial charge in [-0.25, -0.2) is 13.9 Å². The third-order valence-corrected chi connectivity index (χ3v) is 6.07. The summed E-state index contributed by atoms with van der Waals surface area (Å²) < 4.78 is 56.5. The Kier molecular flexibility index (Phi) is 4.79. The van der Waals surface area contributed by atoms with Gasteiger partial charge in [0.15, 0.2) is 23.1 Å². The second kappa shape index (κ2) is 6.89. The number of hydrogen-bond donors (Lipinski definition) is 1. The number of nitrogens with two attached hydrogens (primary N) is 1. The van der Waals surface area contributed by atoms with E-state index in [1.165, 1.54) is 17.8 Å². The molecule has 2 N–H and O–H groups in total. The minimum Gasteiger partial charge on any atom is -0.476 e. The van der Waals surface area contributed by atoms with Crippen LogP contribution in [0.15, 0.2) is 6.33 Å². The summed E-state index contributed by atoms with van der Waals surface area (Å²) in [6.45, 7) is 5.04. The van der Waals surface area contributed by atoms with Crippen molar-refractivity contribution < 1.29 is 32.0 Å². The fourth-order valence-corrected chi connectivity index (χ4v) is 4.85. The Morgan fingerprint density at radius 1 is 1.43 bits per heavy atom. The van der Waals surface area contributed by atoms with Crippen molar-refractivity contribution in [1.29, 1.82) is 0 Å². The lowest BCUT2D eigenvalue weighted by Gasteiger charge is -2.33. The summed E-state index contributed by atoms with van der Waals surface area (Å²) in [6.07, 6.45) is -1.75. The molecule has 0 spiro atoms. The molecular weight excluding hydrogens is 396 g/mol. The average Bonchev–Trinajstić information content (AvgIpc) is 3.14. The Hall–Kier alpha value is -1.85. The highest BCUT2D eigenvalue weighted by atomic mass is 31.2. The number of rotatable bonds is 5. The van der Waals surface area contributed by atoms with Crippen molar-refractivity contribution in [3.05, 3.63) is 6.33 Å². The molecule has 4 heterocycles. The van der Waals surface area contributed by atoms with Crippen LogP contribution in [0, 0.1) is 0 Å². The van der Waals surface area contributed by atoms with E-state index < -0.39 is 31.9 Å². The number of alkyl halides is 1. The van der Waals surface area contributed by atoms with Crippen LogP contribution in [-0.2, 0) is 22.9 Å². The Balaban J connectivity index is 1.72. The van der Waals surface area contributed by atoms with Gasteiger partial charge in [-0.05, 0) is 20.8 Å². The van der Waals surface area contributed by atoms with E-state index in [-0.39, 0.29) is 30.7 Å². The Labute approximate surface area is 159 Å². The Bertz CT molecular complexity index is 939. The maximum atomic E-state index is 15.8. The first kappa shape index (κ1) is 19.5. The van der Waals surface area contributed by atoms with Crippen molar-refractivity contribution >= 4 is 24.9 Å². The van der Waals surface area contributed by atoms with Crippen LogP contribution < -0.4 is 10.5 Å². The predicted molar refractivity (Wildman–Crippen MR) is 94.4 cm³/mol. The molecule has 13 heteroatoms. The standard InChI is InChI=1S/C15H21FN5O6P/c1-4-23-12-9-11(19-14(17)20-12)21(7-18-9)13-15(3,16)10-8(26-13)6-25-28(22,27-10)24-5-2/h7-8,10,13H,4-6H2,1-3H3,(H2,17,19,20)/t8-,10-,13?,15-,28?/m1/s1. The number of ether oxygens (including phenoxy) is 2. The number of anilines is 1. The number of nitrogens with zero attached hydrogens (tertiary/aromatic N) is 4. The van der Waals surface area contributed by atoms with E-state index in [4.69, 9.17) is 28.8 Å². The summed E-state index contributed by atoms with van der Waals surface area (Å²) in [5, 5.41) is 0. The van der Waals surface area contributed by atoms with Gasteiger partial charge in [0.1, 0.15) is 12.2 Å². The minimum atomic E-state index is -3.85. The second-order valence-corrected chi connectivity index (χ2v) is 8.13. The van der Waals surface area contributed by atoms with Gasteiger partial charge >= 0.3 is 7.82 Å². The lowest BCUT2D eigenvalue weighted by atomic mass is 9.98. The van der Waals surface area contributed by atoms with Gasteiger partial charge in [-0.15, -0.1) is 0 Å². The average molecular weight is 417 g/mol. The molecule has 2 aromatic rings. The number of fused-ring (bicyclic) bond motifs is 2. The molecule has 2 aliphatic heterocycles. The number of imidazole rings is 1. The number of phosphoric ester groups is 1. The summed E-state index contributed by atoms with van der Waals surface area (Å²) in [5.74, 6) is 0.147. The highest BCUT2D eigenvalue weighted by Crippen LogP contribution is 2.59. The summed E-state index contributed by atoms with van der Waals surface area (Å²) in [7, 11) is -3.85. The summed E-state index contributed by atoms with van der Waals surface area (Å²) in [4.78, 5) is 12.4. The van der Waals surface area contributed by atoms with E-state index in [1.807, 2.05) is 0 Å². The summed E-state index contributed by atoms with van der Waals surface area (Å²) in [5.41, 5.74) is 4.25. The van der Waals surface area contributed by atoms with Crippen LogP contribution in [0.3, 0.4) is 0 Å². The van der Waals surface area contributed by atoms with Gasteiger partial charge < -0.3 is 15.2 Å². The molecule has 154 valence electrons. The second-order valence-electron chi connectivity index (χ2n) is 6.51. The third-order valence-electron chi connectivity index (χ3n) is 4.55. The lowest BCUT2D eigenvalue weighted by molar-refractivity contribution is -0.0702. The molecule has 4 rings (SSSR count). The fourth-order valence-electron chi connectivity index (χ4n) is 3.38. The summed E-state index contributed by atoms with van der Waals surface area (Å²) in [6, 6.07) is 0. The number of phosphoric acid groups is 1. The SMILES string of the molecule is CCOc1nc(N)nc2c1ncn2C1O[C@@H]2COP(=O)(OCC)O[C@H]2[C@@]1(C)F. The first-order valence-corrected chi connectivity index (χ1v) is 10.3. The van der Waals surface area contributed by atoms with Crippen LogP contribution in [0.4, 0.5) is 10.3 Å². The van der Waals surface area contributed by atoms with Crippen LogP contribution in [0.5, 0.6) is 5.88 Å². The van der Waals surface area contributed by atoms with Crippen molar-refractivity contribution in [1.82, 2.24) is 19.5 Å².